The molecule has 4 atom stereocenters. The minimum atomic E-state index is -0.633. The first-order chi connectivity index (χ1) is 7.13. The number of aliphatic hydroxyl groups is 1. The Kier molecular flexibility index (Phi) is 5.34. The predicted octanol–water partition coefficient (Wildman–Crippen LogP) is 2.67. The van der Waals surface area contributed by atoms with E-state index in [2.05, 4.69) is 19.6 Å². The molecule has 2 nitrogen and oxygen atoms in total. The molecule has 1 saturated carbocycles. The summed E-state index contributed by atoms with van der Waals surface area (Å²) >= 11 is 0. The Morgan fingerprint density at radius 3 is 2.80 bits per heavy atom. The van der Waals surface area contributed by atoms with Crippen molar-refractivity contribution in [3.05, 3.63) is 12.7 Å². The fraction of sp³-hybridized carbons (Fsp3) is 0.846. The Balaban J connectivity index is 2.31. The maximum absolute atomic E-state index is 9.06. The highest BCUT2D eigenvalue weighted by atomic mass is 16.3. The maximum Gasteiger partial charge on any atom is 0.102 e. The zero-order valence-corrected chi connectivity index (χ0v) is 9.86. The lowest BCUT2D eigenvalue weighted by molar-refractivity contribution is 0.145. The van der Waals surface area contributed by atoms with Crippen molar-refractivity contribution in [1.82, 2.24) is 0 Å². The zero-order chi connectivity index (χ0) is 11.3. The van der Waals surface area contributed by atoms with Crippen molar-refractivity contribution in [2.45, 2.75) is 51.7 Å². The van der Waals surface area contributed by atoms with Gasteiger partial charge in [-0.05, 0) is 43.4 Å². The lowest BCUT2D eigenvalue weighted by Gasteiger charge is -2.31. The van der Waals surface area contributed by atoms with E-state index in [1.807, 2.05) is 0 Å². The van der Waals surface area contributed by atoms with Crippen LogP contribution in [-0.2, 0) is 0 Å². The van der Waals surface area contributed by atoms with Gasteiger partial charge in [0.2, 0.25) is 0 Å². The highest BCUT2D eigenvalue weighted by Crippen LogP contribution is 2.35. The molecule has 0 aromatic carbocycles. The van der Waals surface area contributed by atoms with E-state index < -0.39 is 6.23 Å². The molecule has 0 bridgehead atoms. The number of hydrogen-bond donors (Lipinski definition) is 2. The highest BCUT2D eigenvalue weighted by Gasteiger charge is 2.24. The van der Waals surface area contributed by atoms with E-state index in [1.165, 1.54) is 25.7 Å². The molecule has 0 heterocycles. The number of aliphatic hydroxyl groups excluding tert-OH is 1. The van der Waals surface area contributed by atoms with Crippen LogP contribution < -0.4 is 5.73 Å². The Labute approximate surface area is 93.6 Å². The summed E-state index contributed by atoms with van der Waals surface area (Å²) in [5.41, 5.74) is 5.36. The van der Waals surface area contributed by atoms with Gasteiger partial charge in [0.1, 0.15) is 6.23 Å². The van der Waals surface area contributed by atoms with Crippen LogP contribution in [0.1, 0.15) is 45.4 Å². The van der Waals surface area contributed by atoms with Gasteiger partial charge in [-0.1, -0.05) is 25.8 Å². The second kappa shape index (κ2) is 6.29. The lowest BCUT2D eigenvalue weighted by atomic mass is 9.74. The molecule has 1 aliphatic carbocycles. The first-order valence-corrected chi connectivity index (χ1v) is 6.19. The molecule has 0 radical (unpaired) electrons. The minimum Gasteiger partial charge on any atom is -0.379 e. The van der Waals surface area contributed by atoms with Gasteiger partial charge in [-0.25, -0.2) is 0 Å². The second-order valence-electron chi connectivity index (χ2n) is 5.04. The van der Waals surface area contributed by atoms with Crippen LogP contribution in [0.2, 0.25) is 0 Å². The number of nitrogens with two attached hydrogens (primary N) is 1. The average molecular weight is 211 g/mol. The molecule has 0 aromatic heterocycles. The van der Waals surface area contributed by atoms with E-state index in [1.54, 1.807) is 0 Å². The third-order valence-electron chi connectivity index (χ3n) is 3.81. The molecule has 3 N–H and O–H groups in total. The SMILES string of the molecule is C=CC1CCCC(C(C)CCC(N)O)C1. The summed E-state index contributed by atoms with van der Waals surface area (Å²) in [4.78, 5) is 0. The number of rotatable bonds is 5. The average Bonchev–Trinajstić information content (AvgIpc) is 2.26. The molecule has 0 saturated heterocycles. The van der Waals surface area contributed by atoms with Crippen molar-refractivity contribution < 1.29 is 5.11 Å². The molecular formula is C13H25NO. The molecule has 15 heavy (non-hydrogen) atoms. The van der Waals surface area contributed by atoms with Gasteiger partial charge in [-0.2, -0.15) is 0 Å². The van der Waals surface area contributed by atoms with Crippen molar-refractivity contribution >= 4 is 0 Å². The van der Waals surface area contributed by atoms with Crippen LogP contribution in [0, 0.1) is 17.8 Å². The maximum atomic E-state index is 9.06. The Bertz CT molecular complexity index is 191. The quantitative estimate of drug-likeness (QED) is 0.542. The van der Waals surface area contributed by atoms with Crippen molar-refractivity contribution in [3.8, 4) is 0 Å². The normalized spacial score (nSPS) is 30.9. The smallest absolute Gasteiger partial charge is 0.102 e. The molecular weight excluding hydrogens is 186 g/mol. The molecule has 1 aliphatic rings. The summed E-state index contributed by atoms with van der Waals surface area (Å²) in [5, 5.41) is 9.06. The summed E-state index contributed by atoms with van der Waals surface area (Å²) in [6, 6.07) is 0. The molecule has 1 rings (SSSR count). The summed E-state index contributed by atoms with van der Waals surface area (Å²) in [6.07, 6.45) is 8.52. The fourth-order valence-corrected chi connectivity index (χ4v) is 2.67. The van der Waals surface area contributed by atoms with E-state index in [0.717, 1.165) is 18.8 Å². The van der Waals surface area contributed by atoms with Crippen LogP contribution in [0.5, 0.6) is 0 Å². The van der Waals surface area contributed by atoms with Gasteiger partial charge in [-0.3, -0.25) is 0 Å². The topological polar surface area (TPSA) is 46.2 Å². The third kappa shape index (κ3) is 4.35. The van der Waals surface area contributed by atoms with Gasteiger partial charge in [0, 0.05) is 0 Å². The summed E-state index contributed by atoms with van der Waals surface area (Å²) in [5.74, 6) is 2.21. The molecule has 2 heteroatoms. The zero-order valence-electron chi connectivity index (χ0n) is 9.86. The number of hydrogen-bond acceptors (Lipinski definition) is 2. The van der Waals surface area contributed by atoms with Crippen molar-refractivity contribution in [2.75, 3.05) is 0 Å². The standard InChI is InChI=1S/C13H25NO/c1-3-11-5-4-6-12(9-11)10(2)7-8-13(14)15/h3,10-13,15H,1,4-9,14H2,2H3. The molecule has 0 amide bonds. The Morgan fingerprint density at radius 1 is 1.47 bits per heavy atom. The van der Waals surface area contributed by atoms with Crippen molar-refractivity contribution in [2.24, 2.45) is 23.5 Å². The first-order valence-electron chi connectivity index (χ1n) is 6.19. The summed E-state index contributed by atoms with van der Waals surface area (Å²) < 4.78 is 0. The van der Waals surface area contributed by atoms with Crippen LogP contribution in [0.4, 0.5) is 0 Å². The van der Waals surface area contributed by atoms with E-state index in [0.29, 0.717) is 11.8 Å². The Morgan fingerprint density at radius 2 is 2.20 bits per heavy atom. The first kappa shape index (κ1) is 12.7. The van der Waals surface area contributed by atoms with Gasteiger partial charge in [0.15, 0.2) is 0 Å². The molecule has 4 unspecified atom stereocenters. The summed E-state index contributed by atoms with van der Waals surface area (Å²) in [7, 11) is 0. The van der Waals surface area contributed by atoms with E-state index in [9.17, 15) is 0 Å². The molecule has 0 aromatic rings. The van der Waals surface area contributed by atoms with Crippen LogP contribution >= 0.6 is 0 Å². The second-order valence-corrected chi connectivity index (χ2v) is 5.04. The molecule has 88 valence electrons. The summed E-state index contributed by atoms with van der Waals surface area (Å²) in [6.45, 7) is 6.18. The van der Waals surface area contributed by atoms with Gasteiger partial charge >= 0.3 is 0 Å². The van der Waals surface area contributed by atoms with E-state index in [4.69, 9.17) is 10.8 Å². The van der Waals surface area contributed by atoms with Crippen molar-refractivity contribution in [3.63, 3.8) is 0 Å². The minimum absolute atomic E-state index is 0.633. The van der Waals surface area contributed by atoms with E-state index >= 15 is 0 Å². The fourth-order valence-electron chi connectivity index (χ4n) is 2.67. The van der Waals surface area contributed by atoms with Crippen LogP contribution in [-0.4, -0.2) is 11.3 Å². The number of allylic oxidation sites excluding steroid dienone is 1. The van der Waals surface area contributed by atoms with Gasteiger partial charge in [-0.15, -0.1) is 6.58 Å². The van der Waals surface area contributed by atoms with Crippen LogP contribution in [0.3, 0.4) is 0 Å². The molecule has 1 fully saturated rings. The predicted molar refractivity (Wildman–Crippen MR) is 64.2 cm³/mol. The van der Waals surface area contributed by atoms with E-state index in [-0.39, 0.29) is 0 Å². The van der Waals surface area contributed by atoms with Gasteiger partial charge in [0.25, 0.3) is 0 Å². The largest absolute Gasteiger partial charge is 0.379 e. The van der Waals surface area contributed by atoms with Crippen LogP contribution in [0.25, 0.3) is 0 Å². The lowest BCUT2D eigenvalue weighted by Crippen LogP contribution is -2.24. The Hall–Kier alpha value is -0.340. The third-order valence-corrected chi connectivity index (χ3v) is 3.81. The van der Waals surface area contributed by atoms with Gasteiger partial charge < -0.3 is 10.8 Å². The van der Waals surface area contributed by atoms with Crippen molar-refractivity contribution in [1.29, 1.82) is 0 Å². The van der Waals surface area contributed by atoms with Gasteiger partial charge in [0.05, 0.1) is 0 Å². The molecule has 0 aliphatic heterocycles. The highest BCUT2D eigenvalue weighted by molar-refractivity contribution is 4.86. The molecule has 0 spiro atoms. The monoisotopic (exact) mass is 211 g/mol. The van der Waals surface area contributed by atoms with Crippen LogP contribution in [0.15, 0.2) is 12.7 Å².